The number of thiazole rings is 1. The van der Waals surface area contributed by atoms with E-state index in [0.29, 0.717) is 6.04 Å². The Labute approximate surface area is 124 Å². The highest BCUT2D eigenvalue weighted by molar-refractivity contribution is 7.09. The summed E-state index contributed by atoms with van der Waals surface area (Å²) in [5, 5.41) is 9.52. The summed E-state index contributed by atoms with van der Waals surface area (Å²) in [6.45, 7) is 7.72. The highest BCUT2D eigenvalue weighted by atomic mass is 32.1. The van der Waals surface area contributed by atoms with Crippen LogP contribution in [0.3, 0.4) is 0 Å². The fourth-order valence-corrected chi connectivity index (χ4v) is 2.87. The monoisotopic (exact) mass is 297 g/mol. The molecule has 0 spiro atoms. The zero-order valence-electron chi connectivity index (χ0n) is 12.5. The summed E-state index contributed by atoms with van der Waals surface area (Å²) in [6, 6.07) is 0.919. The van der Waals surface area contributed by atoms with Crippen molar-refractivity contribution >= 4 is 17.4 Å². The number of nitrogens with one attached hydrogen (secondary N) is 2. The van der Waals surface area contributed by atoms with Crippen LogP contribution < -0.4 is 10.6 Å². The summed E-state index contributed by atoms with van der Waals surface area (Å²) in [6.07, 6.45) is 3.38. The first kappa shape index (κ1) is 15.3. The molecule has 1 aromatic rings. The number of nitrogens with zero attached hydrogens (tertiary/aromatic N) is 1. The average molecular weight is 297 g/mol. The molecule has 1 fully saturated rings. The number of hydrogen-bond donors (Lipinski definition) is 2. The van der Waals surface area contributed by atoms with Crippen LogP contribution in [0.4, 0.5) is 4.79 Å². The van der Waals surface area contributed by atoms with E-state index in [2.05, 4.69) is 22.5 Å². The molecule has 1 amide bonds. The van der Waals surface area contributed by atoms with Crippen LogP contribution in [0.25, 0.3) is 0 Å². The minimum absolute atomic E-state index is 0.214. The number of alkyl carbamates (subject to hydrolysis) is 1. The van der Waals surface area contributed by atoms with Crippen molar-refractivity contribution in [3.63, 3.8) is 0 Å². The molecule has 0 saturated heterocycles. The number of carbonyl (C=O) groups excluding carboxylic acids is 1. The van der Waals surface area contributed by atoms with E-state index < -0.39 is 5.60 Å². The van der Waals surface area contributed by atoms with Crippen molar-refractivity contribution in [2.75, 3.05) is 0 Å². The third-order valence-corrected chi connectivity index (χ3v) is 4.12. The molecule has 6 heteroatoms. The number of hydrogen-bond acceptors (Lipinski definition) is 5. The number of ether oxygens (including phenoxy) is 1. The third-order valence-electron chi connectivity index (χ3n) is 3.17. The normalized spacial score (nSPS) is 23.8. The molecule has 1 aliphatic rings. The Kier molecular flexibility index (Phi) is 4.65. The topological polar surface area (TPSA) is 63.2 Å². The average Bonchev–Trinajstić information content (AvgIpc) is 2.76. The maximum absolute atomic E-state index is 11.6. The van der Waals surface area contributed by atoms with Crippen molar-refractivity contribution in [3.05, 3.63) is 16.6 Å². The van der Waals surface area contributed by atoms with Crippen LogP contribution in [-0.2, 0) is 4.74 Å². The van der Waals surface area contributed by atoms with Gasteiger partial charge in [0.2, 0.25) is 0 Å². The molecule has 2 rings (SSSR count). The van der Waals surface area contributed by atoms with Crippen LogP contribution in [0.2, 0.25) is 0 Å². The van der Waals surface area contributed by atoms with Gasteiger partial charge in [-0.25, -0.2) is 9.78 Å². The molecule has 0 aliphatic heterocycles. The first-order valence-corrected chi connectivity index (χ1v) is 7.86. The second-order valence-electron chi connectivity index (χ2n) is 6.27. The van der Waals surface area contributed by atoms with Crippen LogP contribution in [0.5, 0.6) is 0 Å². The molecule has 0 aromatic carbocycles. The van der Waals surface area contributed by atoms with Gasteiger partial charge in [0.15, 0.2) is 0 Å². The van der Waals surface area contributed by atoms with Gasteiger partial charge in [0.25, 0.3) is 0 Å². The largest absolute Gasteiger partial charge is 0.444 e. The van der Waals surface area contributed by atoms with Crippen molar-refractivity contribution in [3.8, 4) is 0 Å². The molecule has 1 saturated carbocycles. The summed E-state index contributed by atoms with van der Waals surface area (Å²) in [5.41, 5.74) is -0.440. The molecule has 0 bridgehead atoms. The summed E-state index contributed by atoms with van der Waals surface area (Å²) in [7, 11) is 0. The minimum Gasteiger partial charge on any atom is -0.444 e. The molecular weight excluding hydrogens is 274 g/mol. The summed E-state index contributed by atoms with van der Waals surface area (Å²) in [5.74, 6) is 0. The molecule has 1 unspecified atom stereocenters. The number of aromatic nitrogens is 1. The van der Waals surface area contributed by atoms with Gasteiger partial charge in [-0.05, 0) is 40.5 Å². The molecule has 1 atom stereocenters. The second-order valence-corrected chi connectivity index (χ2v) is 7.20. The first-order valence-electron chi connectivity index (χ1n) is 6.98. The van der Waals surface area contributed by atoms with E-state index in [1.807, 2.05) is 32.3 Å². The second kappa shape index (κ2) is 6.10. The maximum atomic E-state index is 11.6. The Bertz CT molecular complexity index is 436. The Balaban J connectivity index is 1.66. The van der Waals surface area contributed by atoms with Gasteiger partial charge in [0.1, 0.15) is 10.6 Å². The lowest BCUT2D eigenvalue weighted by Gasteiger charge is -2.38. The molecule has 2 N–H and O–H groups in total. The van der Waals surface area contributed by atoms with E-state index in [4.69, 9.17) is 4.74 Å². The fourth-order valence-electron chi connectivity index (χ4n) is 2.22. The molecule has 20 heavy (non-hydrogen) atoms. The zero-order chi connectivity index (χ0) is 14.8. The Morgan fingerprint density at radius 2 is 2.15 bits per heavy atom. The van der Waals surface area contributed by atoms with Crippen LogP contribution in [0.1, 0.15) is 51.6 Å². The number of carbonyl (C=O) groups is 1. The van der Waals surface area contributed by atoms with Gasteiger partial charge in [0.05, 0.1) is 6.04 Å². The van der Waals surface area contributed by atoms with Crippen molar-refractivity contribution in [2.45, 2.75) is 64.3 Å². The van der Waals surface area contributed by atoms with E-state index in [1.165, 1.54) is 0 Å². The van der Waals surface area contributed by atoms with Crippen molar-refractivity contribution in [2.24, 2.45) is 0 Å². The molecule has 112 valence electrons. The summed E-state index contributed by atoms with van der Waals surface area (Å²) < 4.78 is 5.24. The van der Waals surface area contributed by atoms with Crippen LogP contribution in [-0.4, -0.2) is 28.8 Å². The van der Waals surface area contributed by atoms with E-state index in [9.17, 15) is 4.79 Å². The lowest BCUT2D eigenvalue weighted by atomic mass is 9.86. The van der Waals surface area contributed by atoms with Gasteiger partial charge in [-0.2, -0.15) is 0 Å². The number of amides is 1. The SMILES string of the molecule is CC(NC1CC(NC(=O)OC(C)(C)C)C1)c1nccs1. The van der Waals surface area contributed by atoms with Gasteiger partial charge < -0.3 is 15.4 Å². The molecular formula is C14H23N3O2S. The molecule has 0 radical (unpaired) electrons. The van der Waals surface area contributed by atoms with Crippen LogP contribution in [0, 0.1) is 0 Å². The van der Waals surface area contributed by atoms with E-state index in [-0.39, 0.29) is 18.2 Å². The van der Waals surface area contributed by atoms with Crippen molar-refractivity contribution in [1.29, 1.82) is 0 Å². The minimum atomic E-state index is -0.440. The Morgan fingerprint density at radius 3 is 2.70 bits per heavy atom. The van der Waals surface area contributed by atoms with Crippen molar-refractivity contribution in [1.82, 2.24) is 15.6 Å². The quantitative estimate of drug-likeness (QED) is 0.897. The Hall–Kier alpha value is -1.14. The zero-order valence-corrected chi connectivity index (χ0v) is 13.3. The van der Waals surface area contributed by atoms with Crippen LogP contribution in [0.15, 0.2) is 11.6 Å². The lowest BCUT2D eigenvalue weighted by molar-refractivity contribution is 0.0463. The van der Waals surface area contributed by atoms with E-state index >= 15 is 0 Å². The molecule has 5 nitrogen and oxygen atoms in total. The maximum Gasteiger partial charge on any atom is 0.407 e. The summed E-state index contributed by atoms with van der Waals surface area (Å²) in [4.78, 5) is 15.9. The van der Waals surface area contributed by atoms with Gasteiger partial charge in [-0.1, -0.05) is 0 Å². The fraction of sp³-hybridized carbons (Fsp3) is 0.714. The van der Waals surface area contributed by atoms with Crippen molar-refractivity contribution < 1.29 is 9.53 Å². The smallest absolute Gasteiger partial charge is 0.407 e. The van der Waals surface area contributed by atoms with E-state index in [0.717, 1.165) is 17.8 Å². The van der Waals surface area contributed by atoms with Gasteiger partial charge in [-0.3, -0.25) is 0 Å². The first-order chi connectivity index (χ1) is 9.33. The molecule has 1 aromatic heterocycles. The molecule has 1 aliphatic carbocycles. The van der Waals surface area contributed by atoms with Crippen LogP contribution >= 0.6 is 11.3 Å². The standard InChI is InChI=1S/C14H23N3O2S/c1-9(12-15-5-6-20-12)16-10-7-11(8-10)17-13(18)19-14(2,3)4/h5-6,9-11,16H,7-8H2,1-4H3,(H,17,18). The third kappa shape index (κ3) is 4.45. The predicted molar refractivity (Wildman–Crippen MR) is 79.8 cm³/mol. The highest BCUT2D eigenvalue weighted by Crippen LogP contribution is 2.24. The van der Waals surface area contributed by atoms with Gasteiger partial charge in [0, 0.05) is 23.7 Å². The number of rotatable bonds is 4. The van der Waals surface area contributed by atoms with Gasteiger partial charge >= 0.3 is 6.09 Å². The van der Waals surface area contributed by atoms with Gasteiger partial charge in [-0.15, -0.1) is 11.3 Å². The highest BCUT2D eigenvalue weighted by Gasteiger charge is 2.32. The molecule has 1 heterocycles. The predicted octanol–water partition coefficient (Wildman–Crippen LogP) is 2.85. The summed E-state index contributed by atoms with van der Waals surface area (Å²) >= 11 is 1.66. The van der Waals surface area contributed by atoms with E-state index in [1.54, 1.807) is 11.3 Å². The Morgan fingerprint density at radius 1 is 1.45 bits per heavy atom. The lowest BCUT2D eigenvalue weighted by Crippen LogP contribution is -2.53.